The monoisotopic (exact) mass is 226 g/mol. The van der Waals surface area contributed by atoms with E-state index in [9.17, 15) is 4.79 Å². The van der Waals surface area contributed by atoms with Gasteiger partial charge in [0.2, 0.25) is 0 Å². The van der Waals surface area contributed by atoms with Gasteiger partial charge in [-0.2, -0.15) is 0 Å². The number of carboxylic acids is 1. The van der Waals surface area contributed by atoms with Gasteiger partial charge in [-0.25, -0.2) is 4.79 Å². The van der Waals surface area contributed by atoms with Crippen LogP contribution in [-0.2, 0) is 4.79 Å². The average molecular weight is 227 g/mol. The van der Waals surface area contributed by atoms with E-state index in [2.05, 4.69) is 6.58 Å². The maximum atomic E-state index is 9.47. The minimum atomic E-state index is -1.17. The third-order valence-electron chi connectivity index (χ3n) is 1.29. The van der Waals surface area contributed by atoms with Crippen molar-refractivity contribution >= 4 is 17.6 Å². The Morgan fingerprint density at radius 3 is 1.71 bits per heavy atom. The van der Waals surface area contributed by atoms with Gasteiger partial charge in [-0.1, -0.05) is 18.2 Å². The lowest BCUT2D eigenvalue weighted by molar-refractivity contribution is -0.131. The minimum absolute atomic E-state index is 0.0335. The number of hydrogen-bond donors (Lipinski definition) is 4. The number of aliphatic carboxylic acids is 1. The smallest absolute Gasteiger partial charge is 0.346 e. The van der Waals surface area contributed by atoms with Crippen LogP contribution in [0.25, 0.3) is 0 Å². The molecular weight excluding hydrogens is 212 g/mol. The third kappa shape index (κ3) is 11.4. The molecule has 0 aliphatic carbocycles. The summed E-state index contributed by atoms with van der Waals surface area (Å²) in [5.41, 5.74) is 0. The van der Waals surface area contributed by atoms with Crippen LogP contribution in [0.4, 0.5) is 0 Å². The molecule has 14 heavy (non-hydrogen) atoms. The molecule has 0 amide bonds. The Kier molecular flexibility index (Phi) is 11.8. The van der Waals surface area contributed by atoms with E-state index < -0.39 is 5.97 Å². The van der Waals surface area contributed by atoms with Crippen molar-refractivity contribution < 1.29 is 25.2 Å². The van der Waals surface area contributed by atoms with E-state index in [-0.39, 0.29) is 30.8 Å². The average Bonchev–Trinajstić information content (AvgIpc) is 2.15. The lowest BCUT2D eigenvalue weighted by Crippen LogP contribution is -2.12. The van der Waals surface area contributed by atoms with Gasteiger partial charge in [0.05, 0.1) is 0 Å². The molecule has 0 aliphatic rings. The van der Waals surface area contributed by atoms with Crippen molar-refractivity contribution in [3.63, 3.8) is 0 Å². The summed E-state index contributed by atoms with van der Waals surface area (Å²) >= 11 is 4.82. The molecule has 0 bridgehead atoms. The summed E-state index contributed by atoms with van der Waals surface area (Å²) in [4.78, 5) is 9.47. The predicted octanol–water partition coefficient (Wildman–Crippen LogP) is -0.207. The number of carbonyl (C=O) groups is 1. The highest BCUT2D eigenvalue weighted by atomic mass is 35.5. The molecule has 0 heterocycles. The van der Waals surface area contributed by atoms with Crippen molar-refractivity contribution in [2.24, 2.45) is 5.92 Å². The van der Waals surface area contributed by atoms with Gasteiger partial charge in [0, 0.05) is 25.7 Å². The maximum Gasteiger partial charge on any atom is 0.346 e. The number of hydrogen-bond acceptors (Lipinski definition) is 4. The van der Waals surface area contributed by atoms with Crippen molar-refractivity contribution in [2.75, 3.05) is 19.8 Å². The molecule has 0 aromatic rings. The van der Waals surface area contributed by atoms with Crippen LogP contribution in [0.2, 0.25) is 0 Å². The predicted molar refractivity (Wildman–Crippen MR) is 52.0 cm³/mol. The van der Waals surface area contributed by atoms with Crippen LogP contribution in [0.15, 0.2) is 11.6 Å². The molecule has 0 spiro atoms. The fraction of sp³-hybridized carbons (Fsp3) is 0.625. The largest absolute Gasteiger partial charge is 0.477 e. The second kappa shape index (κ2) is 10.5. The van der Waals surface area contributed by atoms with E-state index in [4.69, 9.17) is 32.0 Å². The van der Waals surface area contributed by atoms with Gasteiger partial charge in [-0.15, -0.1) is 0 Å². The molecule has 0 aliphatic heterocycles. The topological polar surface area (TPSA) is 98.0 Å². The first-order chi connectivity index (χ1) is 6.49. The van der Waals surface area contributed by atoms with Gasteiger partial charge in [-0.3, -0.25) is 0 Å². The Bertz CT molecular complexity index is 155. The second-order valence-corrected chi connectivity index (χ2v) is 2.91. The molecule has 0 atom stereocenters. The van der Waals surface area contributed by atoms with Crippen LogP contribution in [0, 0.1) is 5.92 Å². The Morgan fingerprint density at radius 2 is 1.64 bits per heavy atom. The lowest BCUT2D eigenvalue weighted by atomic mass is 10.1. The second-order valence-electron chi connectivity index (χ2n) is 2.45. The molecule has 0 unspecified atom stereocenters. The van der Waals surface area contributed by atoms with Crippen LogP contribution < -0.4 is 0 Å². The van der Waals surface area contributed by atoms with Gasteiger partial charge in [0.1, 0.15) is 5.03 Å². The molecule has 0 fully saturated rings. The summed E-state index contributed by atoms with van der Waals surface area (Å²) in [7, 11) is 0. The van der Waals surface area contributed by atoms with Gasteiger partial charge in [-0.05, 0) is 6.42 Å². The number of aliphatic hydroxyl groups is 3. The first kappa shape index (κ1) is 15.8. The summed E-state index contributed by atoms with van der Waals surface area (Å²) in [6.07, 6.45) is 0.479. The zero-order valence-corrected chi connectivity index (χ0v) is 8.44. The van der Waals surface area contributed by atoms with Crippen LogP contribution >= 0.6 is 11.6 Å². The van der Waals surface area contributed by atoms with Gasteiger partial charge < -0.3 is 20.4 Å². The number of halogens is 1. The zero-order valence-electron chi connectivity index (χ0n) is 7.69. The van der Waals surface area contributed by atoms with Crippen molar-refractivity contribution in [1.29, 1.82) is 0 Å². The SMILES string of the molecule is C=C(Cl)C(=O)O.OCCC(CO)CO. The fourth-order valence-corrected chi connectivity index (χ4v) is 0.423. The molecular formula is C8H15ClO5. The highest BCUT2D eigenvalue weighted by Gasteiger charge is 2.02. The van der Waals surface area contributed by atoms with E-state index in [1.54, 1.807) is 0 Å². The lowest BCUT2D eigenvalue weighted by Gasteiger charge is -2.06. The highest BCUT2D eigenvalue weighted by molar-refractivity contribution is 6.40. The Hall–Kier alpha value is -0.620. The molecule has 0 aromatic carbocycles. The molecule has 0 radical (unpaired) electrons. The summed E-state index contributed by atoms with van der Waals surface area (Å²) in [6, 6.07) is 0. The first-order valence-corrected chi connectivity index (χ1v) is 4.27. The molecule has 4 N–H and O–H groups in total. The first-order valence-electron chi connectivity index (χ1n) is 3.89. The van der Waals surface area contributed by atoms with E-state index in [0.29, 0.717) is 6.42 Å². The standard InChI is InChI=1S/C5H12O3.C3H3ClO2/c6-2-1-5(3-7)4-8;1-2(4)3(5)6/h5-8H,1-4H2;1H2,(H,5,6). The Morgan fingerprint density at radius 1 is 1.29 bits per heavy atom. The number of rotatable bonds is 5. The Balaban J connectivity index is 0. The van der Waals surface area contributed by atoms with Gasteiger partial charge >= 0.3 is 5.97 Å². The van der Waals surface area contributed by atoms with Crippen molar-refractivity contribution in [2.45, 2.75) is 6.42 Å². The molecule has 0 saturated carbocycles. The molecule has 0 aromatic heterocycles. The number of carboxylic acid groups (broad SMARTS) is 1. The highest BCUT2D eigenvalue weighted by Crippen LogP contribution is 1.97. The summed E-state index contributed by atoms with van der Waals surface area (Å²) in [5.74, 6) is -1.31. The molecule has 0 saturated heterocycles. The molecule has 84 valence electrons. The zero-order chi connectivity index (χ0) is 11.6. The molecule has 0 rings (SSSR count). The van der Waals surface area contributed by atoms with E-state index in [0.717, 1.165) is 0 Å². The third-order valence-corrected chi connectivity index (χ3v) is 1.45. The quantitative estimate of drug-likeness (QED) is 0.487. The van der Waals surface area contributed by atoms with E-state index in [1.807, 2.05) is 0 Å². The summed E-state index contributed by atoms with van der Waals surface area (Å²) in [6.45, 7) is 2.86. The van der Waals surface area contributed by atoms with Crippen LogP contribution in [-0.4, -0.2) is 46.2 Å². The van der Waals surface area contributed by atoms with Gasteiger partial charge in [0.25, 0.3) is 0 Å². The van der Waals surface area contributed by atoms with Crippen molar-refractivity contribution in [1.82, 2.24) is 0 Å². The van der Waals surface area contributed by atoms with Gasteiger partial charge in [0.15, 0.2) is 0 Å². The van der Waals surface area contributed by atoms with Crippen molar-refractivity contribution in [3.05, 3.63) is 11.6 Å². The normalized spacial score (nSPS) is 9.21. The van der Waals surface area contributed by atoms with Crippen LogP contribution in [0.1, 0.15) is 6.42 Å². The Labute approximate surface area is 87.3 Å². The summed E-state index contributed by atoms with van der Waals surface area (Å²) in [5, 5.41) is 32.5. The van der Waals surface area contributed by atoms with Crippen LogP contribution in [0.3, 0.4) is 0 Å². The van der Waals surface area contributed by atoms with Crippen LogP contribution in [0.5, 0.6) is 0 Å². The van der Waals surface area contributed by atoms with E-state index >= 15 is 0 Å². The van der Waals surface area contributed by atoms with Crippen molar-refractivity contribution in [3.8, 4) is 0 Å². The van der Waals surface area contributed by atoms with E-state index in [1.165, 1.54) is 0 Å². The molecule has 5 nitrogen and oxygen atoms in total. The summed E-state index contributed by atoms with van der Waals surface area (Å²) < 4.78 is 0. The fourth-order valence-electron chi connectivity index (χ4n) is 0.423. The number of aliphatic hydroxyl groups excluding tert-OH is 3. The maximum absolute atomic E-state index is 9.47. The minimum Gasteiger partial charge on any atom is -0.477 e. The molecule has 6 heteroatoms.